The Kier molecular flexibility index (Phi) is 5.29. The molecule has 1 aliphatic heterocycles. The first kappa shape index (κ1) is 20.3. The number of hydrogen-bond donors (Lipinski definition) is 1. The number of amides is 1. The van der Waals surface area contributed by atoms with Gasteiger partial charge in [-0.05, 0) is 55.3 Å². The lowest BCUT2D eigenvalue weighted by molar-refractivity contribution is -0.132. The zero-order valence-electron chi connectivity index (χ0n) is 17.5. The van der Waals surface area contributed by atoms with Crippen LogP contribution < -0.4 is 9.64 Å². The van der Waals surface area contributed by atoms with Crippen molar-refractivity contribution in [1.29, 1.82) is 0 Å². The fraction of sp³-hybridized carbons (Fsp3) is 0.160. The molecule has 0 bridgehead atoms. The zero-order valence-corrected chi connectivity index (χ0v) is 17.5. The van der Waals surface area contributed by atoms with Crippen molar-refractivity contribution >= 4 is 23.1 Å². The fourth-order valence-electron chi connectivity index (χ4n) is 3.82. The molecule has 1 saturated heterocycles. The first-order valence-electron chi connectivity index (χ1n) is 9.86. The number of aliphatic hydroxyl groups is 1. The summed E-state index contributed by atoms with van der Waals surface area (Å²) in [5.41, 5.74) is 3.37. The quantitative estimate of drug-likeness (QED) is 0.390. The van der Waals surface area contributed by atoms with E-state index in [1.54, 1.807) is 54.7 Å². The molecule has 6 heteroatoms. The Morgan fingerprint density at radius 2 is 1.81 bits per heavy atom. The van der Waals surface area contributed by atoms with Gasteiger partial charge in [0.1, 0.15) is 17.6 Å². The predicted octanol–water partition coefficient (Wildman–Crippen LogP) is 4.33. The number of Topliss-reactive ketones (excluding diaryl/α,β-unsaturated/α-hetero) is 1. The highest BCUT2D eigenvalue weighted by Gasteiger charge is 2.48. The highest BCUT2D eigenvalue weighted by molar-refractivity contribution is 6.51. The van der Waals surface area contributed by atoms with Crippen LogP contribution in [0.3, 0.4) is 0 Å². The Bertz CT molecular complexity index is 1200. The average Bonchev–Trinajstić information content (AvgIpc) is 3.06. The molecule has 1 atom stereocenters. The monoisotopic (exact) mass is 414 g/mol. The maximum Gasteiger partial charge on any atom is 0.300 e. The van der Waals surface area contributed by atoms with Crippen molar-refractivity contribution in [1.82, 2.24) is 4.98 Å². The SMILES string of the molecule is COc1cccc(/C(O)=C2\C(=O)C(=O)N(c3cccc(C)c3C)C2c2ccccn2)c1. The van der Waals surface area contributed by atoms with E-state index < -0.39 is 17.7 Å². The zero-order chi connectivity index (χ0) is 22.1. The number of nitrogens with zero attached hydrogens (tertiary/aromatic N) is 2. The molecule has 3 aromatic rings. The molecule has 0 aliphatic carbocycles. The van der Waals surface area contributed by atoms with Crippen molar-refractivity contribution < 1.29 is 19.4 Å². The lowest BCUT2D eigenvalue weighted by atomic mass is 9.97. The highest BCUT2D eigenvalue weighted by Crippen LogP contribution is 2.42. The molecule has 31 heavy (non-hydrogen) atoms. The molecule has 1 N–H and O–H groups in total. The molecular formula is C25H22N2O4. The molecule has 2 aromatic carbocycles. The first-order chi connectivity index (χ1) is 14.9. The smallest absolute Gasteiger partial charge is 0.300 e. The van der Waals surface area contributed by atoms with Crippen molar-refractivity contribution in [3.63, 3.8) is 0 Å². The van der Waals surface area contributed by atoms with Crippen LogP contribution in [0.1, 0.15) is 28.4 Å². The minimum atomic E-state index is -0.854. The molecule has 1 aromatic heterocycles. The molecule has 1 fully saturated rings. The topological polar surface area (TPSA) is 79.7 Å². The molecule has 0 radical (unpaired) electrons. The number of aromatic nitrogens is 1. The number of rotatable bonds is 4. The number of aryl methyl sites for hydroxylation is 1. The van der Waals surface area contributed by atoms with E-state index in [1.165, 1.54) is 12.0 Å². The van der Waals surface area contributed by atoms with Crippen LogP contribution in [0.15, 0.2) is 72.4 Å². The summed E-state index contributed by atoms with van der Waals surface area (Å²) >= 11 is 0. The summed E-state index contributed by atoms with van der Waals surface area (Å²) in [6.45, 7) is 3.85. The molecule has 6 nitrogen and oxygen atoms in total. The number of ketones is 1. The van der Waals surface area contributed by atoms with E-state index in [4.69, 9.17) is 4.74 Å². The standard InChI is InChI=1S/C25H22N2O4/c1-15-8-6-12-20(16(15)2)27-22(19-11-4-5-13-26-19)21(24(29)25(27)30)23(28)17-9-7-10-18(14-17)31-3/h4-14,22,28H,1-3H3/b23-21+. The van der Waals surface area contributed by atoms with Crippen molar-refractivity contribution in [2.75, 3.05) is 12.0 Å². The summed E-state index contributed by atoms with van der Waals surface area (Å²) in [7, 11) is 1.52. The molecular weight excluding hydrogens is 392 g/mol. The molecule has 0 saturated carbocycles. The Hall–Kier alpha value is -3.93. The third-order valence-electron chi connectivity index (χ3n) is 5.59. The van der Waals surface area contributed by atoms with Crippen LogP contribution in [0.5, 0.6) is 5.75 Å². The van der Waals surface area contributed by atoms with Crippen LogP contribution >= 0.6 is 0 Å². The molecule has 2 heterocycles. The van der Waals surface area contributed by atoms with Gasteiger partial charge in [-0.2, -0.15) is 0 Å². The van der Waals surface area contributed by atoms with Crippen LogP contribution in [0.25, 0.3) is 5.76 Å². The summed E-state index contributed by atoms with van der Waals surface area (Å²) in [5.74, 6) is -1.19. The van der Waals surface area contributed by atoms with Gasteiger partial charge >= 0.3 is 0 Å². The number of anilines is 1. The van der Waals surface area contributed by atoms with Gasteiger partial charge in [-0.3, -0.25) is 19.5 Å². The van der Waals surface area contributed by atoms with Gasteiger partial charge in [0.25, 0.3) is 11.7 Å². The van der Waals surface area contributed by atoms with E-state index in [0.29, 0.717) is 22.7 Å². The van der Waals surface area contributed by atoms with Gasteiger partial charge in [0.05, 0.1) is 18.4 Å². The summed E-state index contributed by atoms with van der Waals surface area (Å²) in [6.07, 6.45) is 1.60. The summed E-state index contributed by atoms with van der Waals surface area (Å²) < 4.78 is 5.24. The fourth-order valence-corrected chi connectivity index (χ4v) is 3.82. The summed E-state index contributed by atoms with van der Waals surface area (Å²) in [4.78, 5) is 32.2. The third kappa shape index (κ3) is 3.46. The van der Waals surface area contributed by atoms with E-state index in [9.17, 15) is 14.7 Å². The Morgan fingerprint density at radius 3 is 2.52 bits per heavy atom. The number of carbonyl (C=O) groups is 2. The number of methoxy groups -OCH3 is 1. The summed E-state index contributed by atoms with van der Waals surface area (Å²) in [5, 5.41) is 11.1. The first-order valence-corrected chi connectivity index (χ1v) is 9.86. The second kappa shape index (κ2) is 8.07. The minimum Gasteiger partial charge on any atom is -0.507 e. The van der Waals surface area contributed by atoms with Crippen molar-refractivity contribution in [2.24, 2.45) is 0 Å². The highest BCUT2D eigenvalue weighted by atomic mass is 16.5. The van der Waals surface area contributed by atoms with E-state index in [1.807, 2.05) is 26.0 Å². The van der Waals surface area contributed by atoms with E-state index in [-0.39, 0.29) is 11.3 Å². The Morgan fingerprint density at radius 1 is 1.03 bits per heavy atom. The largest absolute Gasteiger partial charge is 0.507 e. The number of ether oxygens (including phenoxy) is 1. The van der Waals surface area contributed by atoms with Gasteiger partial charge < -0.3 is 9.84 Å². The van der Waals surface area contributed by atoms with Crippen LogP contribution in [0, 0.1) is 13.8 Å². The maximum absolute atomic E-state index is 13.2. The van der Waals surface area contributed by atoms with Crippen LogP contribution in [-0.2, 0) is 9.59 Å². The molecule has 0 spiro atoms. The minimum absolute atomic E-state index is 0.00198. The third-order valence-corrected chi connectivity index (χ3v) is 5.59. The maximum atomic E-state index is 13.2. The van der Waals surface area contributed by atoms with Gasteiger partial charge in [0, 0.05) is 17.4 Å². The Labute approximate surface area is 180 Å². The molecule has 1 unspecified atom stereocenters. The lowest BCUT2D eigenvalue weighted by Crippen LogP contribution is -2.30. The number of hydrogen-bond acceptors (Lipinski definition) is 5. The van der Waals surface area contributed by atoms with Crippen molar-refractivity contribution in [3.8, 4) is 5.75 Å². The average molecular weight is 414 g/mol. The van der Waals surface area contributed by atoms with Gasteiger partial charge in [-0.1, -0.05) is 30.3 Å². The van der Waals surface area contributed by atoms with Crippen molar-refractivity contribution in [2.45, 2.75) is 19.9 Å². The number of pyridine rings is 1. The second-order valence-corrected chi connectivity index (χ2v) is 7.37. The number of benzene rings is 2. The van der Waals surface area contributed by atoms with Gasteiger partial charge in [-0.15, -0.1) is 0 Å². The van der Waals surface area contributed by atoms with E-state index >= 15 is 0 Å². The lowest BCUT2D eigenvalue weighted by Gasteiger charge is -2.26. The molecule has 1 aliphatic rings. The predicted molar refractivity (Wildman–Crippen MR) is 118 cm³/mol. The summed E-state index contributed by atoms with van der Waals surface area (Å²) in [6, 6.07) is 16.8. The van der Waals surface area contributed by atoms with Gasteiger partial charge in [0.15, 0.2) is 0 Å². The van der Waals surface area contributed by atoms with Crippen LogP contribution in [0.2, 0.25) is 0 Å². The van der Waals surface area contributed by atoms with E-state index in [0.717, 1.165) is 11.1 Å². The van der Waals surface area contributed by atoms with Gasteiger partial charge in [0.2, 0.25) is 0 Å². The van der Waals surface area contributed by atoms with E-state index in [2.05, 4.69) is 4.98 Å². The van der Waals surface area contributed by atoms with Crippen molar-refractivity contribution in [3.05, 3.63) is 94.8 Å². The van der Waals surface area contributed by atoms with Crippen LogP contribution in [0.4, 0.5) is 5.69 Å². The molecule has 156 valence electrons. The number of carbonyl (C=O) groups excluding carboxylic acids is 2. The Balaban J connectivity index is 1.97. The molecule has 4 rings (SSSR count). The van der Waals surface area contributed by atoms with Gasteiger partial charge in [-0.25, -0.2) is 0 Å². The normalized spacial score (nSPS) is 17.8. The number of aliphatic hydroxyl groups excluding tert-OH is 1. The van der Waals surface area contributed by atoms with Crippen LogP contribution in [-0.4, -0.2) is 28.9 Å². The second-order valence-electron chi connectivity index (χ2n) is 7.37. The molecule has 1 amide bonds.